The lowest BCUT2D eigenvalue weighted by Gasteiger charge is -2.33. The Bertz CT molecular complexity index is 602. The summed E-state index contributed by atoms with van der Waals surface area (Å²) in [5.41, 5.74) is -0.757. The van der Waals surface area contributed by atoms with Crippen molar-refractivity contribution in [3.05, 3.63) is 17.5 Å². The standard InChI is InChI=1S/C17H29F3N6.HI/c1-13-7-4-5-9-26(13)10-6-8-22-16(21-2)23-11-14-12-25(3)24-15(14)17(18,19)20;/h12-13H,4-11H2,1-3H3,(H2,21,22,23);1H. The van der Waals surface area contributed by atoms with Crippen LogP contribution in [0.2, 0.25) is 0 Å². The van der Waals surface area contributed by atoms with Gasteiger partial charge in [-0.15, -0.1) is 24.0 Å². The summed E-state index contributed by atoms with van der Waals surface area (Å²) in [6.07, 6.45) is 1.70. The first kappa shape index (κ1) is 24.0. The fourth-order valence-corrected chi connectivity index (χ4v) is 3.28. The van der Waals surface area contributed by atoms with Gasteiger partial charge in [0, 0.05) is 51.5 Å². The number of aryl methyl sites for hydroxylation is 1. The number of hydrogen-bond acceptors (Lipinski definition) is 3. The van der Waals surface area contributed by atoms with E-state index >= 15 is 0 Å². The lowest BCUT2D eigenvalue weighted by molar-refractivity contribution is -0.142. The first-order valence-electron chi connectivity index (χ1n) is 9.09. The highest BCUT2D eigenvalue weighted by atomic mass is 127. The van der Waals surface area contributed by atoms with Gasteiger partial charge in [0.25, 0.3) is 0 Å². The summed E-state index contributed by atoms with van der Waals surface area (Å²) in [4.78, 5) is 6.57. The summed E-state index contributed by atoms with van der Waals surface area (Å²) < 4.78 is 40.1. The van der Waals surface area contributed by atoms with E-state index in [4.69, 9.17) is 0 Å². The number of rotatable bonds is 6. The van der Waals surface area contributed by atoms with Crippen LogP contribution in [-0.2, 0) is 19.8 Å². The lowest BCUT2D eigenvalue weighted by Crippen LogP contribution is -2.41. The summed E-state index contributed by atoms with van der Waals surface area (Å²) in [5, 5.41) is 9.60. The molecule has 2 N–H and O–H groups in total. The zero-order valence-electron chi connectivity index (χ0n) is 16.1. The van der Waals surface area contributed by atoms with E-state index < -0.39 is 11.9 Å². The number of guanidine groups is 1. The molecule has 0 radical (unpaired) electrons. The molecule has 0 aromatic carbocycles. The average Bonchev–Trinajstić information content (AvgIpc) is 2.97. The fourth-order valence-electron chi connectivity index (χ4n) is 3.28. The molecule has 2 heterocycles. The maximum Gasteiger partial charge on any atom is 0.435 e. The molecule has 156 valence electrons. The normalized spacial score (nSPS) is 18.9. The van der Waals surface area contributed by atoms with Gasteiger partial charge in [0.05, 0.1) is 0 Å². The number of alkyl halides is 3. The van der Waals surface area contributed by atoms with Crippen LogP contribution < -0.4 is 10.6 Å². The van der Waals surface area contributed by atoms with Crippen LogP contribution in [0.3, 0.4) is 0 Å². The van der Waals surface area contributed by atoms with Crippen LogP contribution in [0.5, 0.6) is 0 Å². The minimum Gasteiger partial charge on any atom is -0.356 e. The van der Waals surface area contributed by atoms with Crippen molar-refractivity contribution < 1.29 is 13.2 Å². The molecule has 1 aromatic heterocycles. The summed E-state index contributed by atoms with van der Waals surface area (Å²) >= 11 is 0. The van der Waals surface area contributed by atoms with Crippen molar-refractivity contribution >= 4 is 29.9 Å². The van der Waals surface area contributed by atoms with Crippen molar-refractivity contribution in [2.75, 3.05) is 26.7 Å². The molecular formula is C17H30F3IN6. The minimum absolute atomic E-state index is 0. The van der Waals surface area contributed by atoms with E-state index in [-0.39, 0.29) is 36.1 Å². The number of piperidine rings is 1. The van der Waals surface area contributed by atoms with Crippen molar-refractivity contribution in [2.24, 2.45) is 12.0 Å². The third-order valence-electron chi connectivity index (χ3n) is 4.70. The Morgan fingerprint density at radius 2 is 2.07 bits per heavy atom. The van der Waals surface area contributed by atoms with Gasteiger partial charge in [-0.3, -0.25) is 9.67 Å². The Morgan fingerprint density at radius 1 is 1.33 bits per heavy atom. The molecule has 1 saturated heterocycles. The Morgan fingerprint density at radius 3 is 2.70 bits per heavy atom. The second-order valence-electron chi connectivity index (χ2n) is 6.76. The molecule has 1 aromatic rings. The van der Waals surface area contributed by atoms with Gasteiger partial charge in [-0.05, 0) is 32.7 Å². The molecule has 0 saturated carbocycles. The number of nitrogens with zero attached hydrogens (tertiary/aromatic N) is 4. The van der Waals surface area contributed by atoms with Crippen LogP contribution in [0, 0.1) is 0 Å². The van der Waals surface area contributed by atoms with Gasteiger partial charge in [-0.2, -0.15) is 18.3 Å². The molecule has 2 rings (SSSR count). The van der Waals surface area contributed by atoms with E-state index in [2.05, 4.69) is 32.5 Å². The van der Waals surface area contributed by atoms with Crippen molar-refractivity contribution in [1.82, 2.24) is 25.3 Å². The maximum absolute atomic E-state index is 13.0. The van der Waals surface area contributed by atoms with Gasteiger partial charge in [0.1, 0.15) is 0 Å². The van der Waals surface area contributed by atoms with Crippen molar-refractivity contribution in [1.29, 1.82) is 0 Å². The topological polar surface area (TPSA) is 57.5 Å². The van der Waals surface area contributed by atoms with Crippen LogP contribution in [-0.4, -0.2) is 53.4 Å². The predicted molar refractivity (Wildman–Crippen MR) is 111 cm³/mol. The Balaban J connectivity index is 0.00000364. The number of hydrogen-bond donors (Lipinski definition) is 2. The highest BCUT2D eigenvalue weighted by Gasteiger charge is 2.36. The molecule has 6 nitrogen and oxygen atoms in total. The predicted octanol–water partition coefficient (Wildman–Crippen LogP) is 2.99. The molecule has 1 atom stereocenters. The third kappa shape index (κ3) is 7.47. The molecule has 0 aliphatic carbocycles. The van der Waals surface area contributed by atoms with Crippen molar-refractivity contribution in [2.45, 2.75) is 51.4 Å². The highest BCUT2D eigenvalue weighted by Crippen LogP contribution is 2.30. The summed E-state index contributed by atoms with van der Waals surface area (Å²) in [6, 6.07) is 0.632. The first-order valence-corrected chi connectivity index (χ1v) is 9.09. The zero-order chi connectivity index (χ0) is 19.2. The van der Waals surface area contributed by atoms with Crippen molar-refractivity contribution in [3.8, 4) is 0 Å². The molecule has 0 spiro atoms. The number of aliphatic imine (C=N–C) groups is 1. The Hall–Kier alpha value is -1.04. The number of likely N-dealkylation sites (tertiary alicyclic amines) is 1. The van der Waals surface area contributed by atoms with Gasteiger partial charge in [0.2, 0.25) is 0 Å². The number of halogens is 4. The van der Waals surface area contributed by atoms with E-state index in [1.807, 2.05) is 0 Å². The molecule has 0 bridgehead atoms. The molecule has 1 unspecified atom stereocenters. The smallest absolute Gasteiger partial charge is 0.356 e. The van der Waals surface area contributed by atoms with E-state index in [1.165, 1.54) is 37.2 Å². The van der Waals surface area contributed by atoms with Crippen LogP contribution in [0.25, 0.3) is 0 Å². The second-order valence-corrected chi connectivity index (χ2v) is 6.76. The van der Waals surface area contributed by atoms with E-state index in [1.54, 1.807) is 7.05 Å². The first-order chi connectivity index (χ1) is 12.3. The average molecular weight is 502 g/mol. The van der Waals surface area contributed by atoms with Crippen LogP contribution in [0.4, 0.5) is 13.2 Å². The zero-order valence-corrected chi connectivity index (χ0v) is 18.5. The maximum atomic E-state index is 13.0. The SMILES string of the molecule is CN=C(NCCCN1CCCCC1C)NCc1cn(C)nc1C(F)(F)F.I. The number of aromatic nitrogens is 2. The molecule has 27 heavy (non-hydrogen) atoms. The second kappa shape index (κ2) is 11.1. The monoisotopic (exact) mass is 502 g/mol. The van der Waals surface area contributed by atoms with E-state index in [9.17, 15) is 13.2 Å². The minimum atomic E-state index is -4.46. The van der Waals surface area contributed by atoms with Gasteiger partial charge in [-0.25, -0.2) is 0 Å². The van der Waals surface area contributed by atoms with E-state index in [0.29, 0.717) is 12.0 Å². The highest BCUT2D eigenvalue weighted by molar-refractivity contribution is 14.0. The van der Waals surface area contributed by atoms with E-state index in [0.717, 1.165) is 26.1 Å². The quantitative estimate of drug-likeness (QED) is 0.272. The van der Waals surface area contributed by atoms with Gasteiger partial charge >= 0.3 is 6.18 Å². The van der Waals surface area contributed by atoms with Crippen LogP contribution >= 0.6 is 24.0 Å². The molecule has 1 aliphatic rings. The Labute approximate surface area is 176 Å². The third-order valence-corrected chi connectivity index (χ3v) is 4.70. The molecule has 1 fully saturated rings. The van der Waals surface area contributed by atoms with Gasteiger partial charge in [-0.1, -0.05) is 6.42 Å². The van der Waals surface area contributed by atoms with Crippen LogP contribution in [0.1, 0.15) is 43.9 Å². The van der Waals surface area contributed by atoms with Crippen molar-refractivity contribution in [3.63, 3.8) is 0 Å². The molecule has 0 amide bonds. The molecule has 10 heteroatoms. The van der Waals surface area contributed by atoms with Gasteiger partial charge in [0.15, 0.2) is 11.7 Å². The largest absolute Gasteiger partial charge is 0.435 e. The fraction of sp³-hybridized carbons (Fsp3) is 0.765. The summed E-state index contributed by atoms with van der Waals surface area (Å²) in [7, 11) is 3.09. The molecular weight excluding hydrogens is 472 g/mol. The lowest BCUT2D eigenvalue weighted by atomic mass is 10.0. The summed E-state index contributed by atoms with van der Waals surface area (Å²) in [5.74, 6) is 0.494. The summed E-state index contributed by atoms with van der Waals surface area (Å²) in [6.45, 7) is 5.17. The van der Waals surface area contributed by atoms with Gasteiger partial charge < -0.3 is 15.5 Å². The Kier molecular flexibility index (Phi) is 9.85. The van der Waals surface area contributed by atoms with Crippen LogP contribution in [0.15, 0.2) is 11.2 Å². The number of nitrogens with one attached hydrogen (secondary N) is 2. The molecule has 1 aliphatic heterocycles.